The van der Waals surface area contributed by atoms with Crippen LogP contribution in [-0.2, 0) is 9.53 Å². The summed E-state index contributed by atoms with van der Waals surface area (Å²) in [6.07, 6.45) is 0. The molecule has 0 saturated carbocycles. The van der Waals surface area contributed by atoms with Gasteiger partial charge in [-0.1, -0.05) is 23.2 Å². The van der Waals surface area contributed by atoms with Crippen LogP contribution >= 0.6 is 23.2 Å². The number of carbonyl (C=O) groups excluding carboxylic acids is 1. The minimum Gasteiger partial charge on any atom is -0.463 e. The lowest BCUT2D eigenvalue weighted by molar-refractivity contribution is -0.138. The summed E-state index contributed by atoms with van der Waals surface area (Å²) in [5.41, 5.74) is 2.07. The smallest absolute Gasteiger partial charge is 0.333 e. The Balaban J connectivity index is 3.18. The van der Waals surface area contributed by atoms with Crippen LogP contribution in [0.4, 0.5) is 0 Å². The van der Waals surface area contributed by atoms with Crippen LogP contribution in [0.3, 0.4) is 0 Å². The molecule has 92 valence electrons. The molecule has 0 radical (unpaired) electrons. The highest BCUT2D eigenvalue weighted by Crippen LogP contribution is 2.29. The molecular formula is C13H14Cl2O2. The summed E-state index contributed by atoms with van der Waals surface area (Å²) in [7, 11) is 0. The highest BCUT2D eigenvalue weighted by Gasteiger charge is 2.12. The van der Waals surface area contributed by atoms with Crippen molar-refractivity contribution in [1.82, 2.24) is 0 Å². The van der Waals surface area contributed by atoms with Crippen LogP contribution in [0.1, 0.15) is 26.3 Å². The summed E-state index contributed by atoms with van der Waals surface area (Å²) in [6.45, 7) is 5.66. The quantitative estimate of drug-likeness (QED) is 0.604. The SMILES string of the molecule is CCOC(=O)/C(C)=C(/C)c1cc(Cl)ccc1Cl. The van der Waals surface area contributed by atoms with Gasteiger partial charge < -0.3 is 4.74 Å². The molecule has 1 rings (SSSR count). The van der Waals surface area contributed by atoms with Crippen molar-refractivity contribution in [2.75, 3.05) is 6.61 Å². The number of esters is 1. The van der Waals surface area contributed by atoms with Gasteiger partial charge in [-0.2, -0.15) is 0 Å². The van der Waals surface area contributed by atoms with Gasteiger partial charge in [-0.05, 0) is 50.1 Å². The first-order valence-electron chi connectivity index (χ1n) is 5.27. The average molecular weight is 273 g/mol. The minimum atomic E-state index is -0.332. The fourth-order valence-corrected chi connectivity index (χ4v) is 1.81. The minimum absolute atomic E-state index is 0.332. The van der Waals surface area contributed by atoms with Crippen LogP contribution < -0.4 is 0 Å². The van der Waals surface area contributed by atoms with Gasteiger partial charge in [0.2, 0.25) is 0 Å². The van der Waals surface area contributed by atoms with E-state index in [9.17, 15) is 4.79 Å². The van der Waals surface area contributed by atoms with Crippen molar-refractivity contribution in [3.8, 4) is 0 Å². The zero-order chi connectivity index (χ0) is 13.0. The van der Waals surface area contributed by atoms with E-state index in [1.165, 1.54) is 0 Å². The van der Waals surface area contributed by atoms with Gasteiger partial charge in [-0.25, -0.2) is 4.79 Å². The van der Waals surface area contributed by atoms with Crippen molar-refractivity contribution >= 4 is 34.7 Å². The second-order valence-electron chi connectivity index (χ2n) is 3.59. The summed E-state index contributed by atoms with van der Waals surface area (Å²) < 4.78 is 4.94. The number of halogens is 2. The number of benzene rings is 1. The van der Waals surface area contributed by atoms with Gasteiger partial charge in [0.1, 0.15) is 0 Å². The van der Waals surface area contributed by atoms with Crippen LogP contribution in [0, 0.1) is 0 Å². The van der Waals surface area contributed by atoms with Crippen LogP contribution in [0.5, 0.6) is 0 Å². The van der Waals surface area contributed by atoms with E-state index in [1.54, 1.807) is 32.0 Å². The third-order valence-electron chi connectivity index (χ3n) is 2.48. The molecule has 1 aromatic rings. The molecule has 0 N–H and O–H groups in total. The molecule has 2 nitrogen and oxygen atoms in total. The molecule has 0 heterocycles. The van der Waals surface area contributed by atoms with Gasteiger partial charge in [-0.3, -0.25) is 0 Å². The molecule has 1 aromatic carbocycles. The van der Waals surface area contributed by atoms with Gasteiger partial charge in [0.25, 0.3) is 0 Å². The molecule has 0 unspecified atom stereocenters. The van der Waals surface area contributed by atoms with Crippen LogP contribution in [0.25, 0.3) is 5.57 Å². The van der Waals surface area contributed by atoms with Gasteiger partial charge >= 0.3 is 5.97 Å². The predicted molar refractivity (Wildman–Crippen MR) is 71.4 cm³/mol. The van der Waals surface area contributed by atoms with Crippen LogP contribution in [-0.4, -0.2) is 12.6 Å². The summed E-state index contributed by atoms with van der Waals surface area (Å²) >= 11 is 12.0. The maximum Gasteiger partial charge on any atom is 0.333 e. The second-order valence-corrected chi connectivity index (χ2v) is 4.44. The van der Waals surface area contributed by atoms with E-state index in [0.29, 0.717) is 22.2 Å². The number of rotatable bonds is 3. The van der Waals surface area contributed by atoms with Gasteiger partial charge in [-0.15, -0.1) is 0 Å². The monoisotopic (exact) mass is 272 g/mol. The molecule has 0 aliphatic rings. The lowest BCUT2D eigenvalue weighted by Crippen LogP contribution is -2.06. The van der Waals surface area contributed by atoms with Gasteiger partial charge in [0.05, 0.1) is 6.61 Å². The van der Waals surface area contributed by atoms with Crippen molar-refractivity contribution in [3.05, 3.63) is 39.4 Å². The largest absolute Gasteiger partial charge is 0.463 e. The van der Waals surface area contributed by atoms with Crippen molar-refractivity contribution < 1.29 is 9.53 Å². The normalized spacial score (nSPS) is 12.1. The predicted octanol–water partition coefficient (Wildman–Crippen LogP) is 4.35. The Kier molecular flexibility index (Phi) is 5.03. The summed E-state index contributed by atoms with van der Waals surface area (Å²) in [4.78, 5) is 11.6. The van der Waals surface area contributed by atoms with Crippen molar-refractivity contribution in [3.63, 3.8) is 0 Å². The topological polar surface area (TPSA) is 26.3 Å². The van der Waals surface area contributed by atoms with E-state index >= 15 is 0 Å². The van der Waals surface area contributed by atoms with E-state index in [-0.39, 0.29) is 5.97 Å². The summed E-state index contributed by atoms with van der Waals surface area (Å²) in [5, 5.41) is 1.15. The Morgan fingerprint density at radius 3 is 2.53 bits per heavy atom. The number of ether oxygens (including phenoxy) is 1. The Morgan fingerprint density at radius 1 is 1.29 bits per heavy atom. The highest BCUT2D eigenvalue weighted by atomic mass is 35.5. The molecule has 17 heavy (non-hydrogen) atoms. The van der Waals surface area contributed by atoms with E-state index in [4.69, 9.17) is 27.9 Å². The molecule has 0 saturated heterocycles. The molecule has 0 spiro atoms. The molecule has 4 heteroatoms. The molecular weight excluding hydrogens is 259 g/mol. The molecule has 0 aliphatic heterocycles. The molecule has 0 fully saturated rings. The lowest BCUT2D eigenvalue weighted by Gasteiger charge is -2.09. The van der Waals surface area contributed by atoms with E-state index in [2.05, 4.69) is 0 Å². The summed E-state index contributed by atoms with van der Waals surface area (Å²) in [6, 6.07) is 5.16. The van der Waals surface area contributed by atoms with Crippen molar-refractivity contribution in [2.45, 2.75) is 20.8 Å². The molecule has 0 aromatic heterocycles. The molecule has 0 bridgehead atoms. The first-order valence-corrected chi connectivity index (χ1v) is 6.03. The van der Waals surface area contributed by atoms with Gasteiger partial charge in [0, 0.05) is 15.6 Å². The Morgan fingerprint density at radius 2 is 1.94 bits per heavy atom. The maximum absolute atomic E-state index is 11.6. The van der Waals surface area contributed by atoms with E-state index in [1.807, 2.05) is 6.92 Å². The first kappa shape index (κ1) is 14.1. The number of hydrogen-bond donors (Lipinski definition) is 0. The van der Waals surface area contributed by atoms with E-state index < -0.39 is 0 Å². The zero-order valence-corrected chi connectivity index (χ0v) is 11.5. The Labute approximate surface area is 111 Å². The van der Waals surface area contributed by atoms with Crippen molar-refractivity contribution in [1.29, 1.82) is 0 Å². The third-order valence-corrected chi connectivity index (χ3v) is 3.04. The average Bonchev–Trinajstić information content (AvgIpc) is 2.30. The molecule has 0 atom stereocenters. The molecule has 0 amide bonds. The standard InChI is InChI=1S/C13H14Cl2O2/c1-4-17-13(16)9(3)8(2)11-7-10(14)5-6-12(11)15/h5-7H,4H2,1-3H3/b9-8-. The third kappa shape index (κ3) is 3.48. The number of hydrogen-bond acceptors (Lipinski definition) is 2. The van der Waals surface area contributed by atoms with Crippen LogP contribution in [0.2, 0.25) is 10.0 Å². The van der Waals surface area contributed by atoms with Crippen molar-refractivity contribution in [2.24, 2.45) is 0 Å². The first-order chi connectivity index (χ1) is 7.97. The highest BCUT2D eigenvalue weighted by molar-refractivity contribution is 6.34. The second kappa shape index (κ2) is 6.08. The maximum atomic E-state index is 11.6. The van der Waals surface area contributed by atoms with Gasteiger partial charge in [0.15, 0.2) is 0 Å². The number of allylic oxidation sites excluding steroid dienone is 1. The number of carbonyl (C=O) groups is 1. The summed E-state index contributed by atoms with van der Waals surface area (Å²) in [5.74, 6) is -0.332. The van der Waals surface area contributed by atoms with E-state index in [0.717, 1.165) is 11.1 Å². The fraction of sp³-hybridized carbons (Fsp3) is 0.308. The van der Waals surface area contributed by atoms with Crippen LogP contribution in [0.15, 0.2) is 23.8 Å². The Hall–Kier alpha value is -0.990. The zero-order valence-electron chi connectivity index (χ0n) is 10.0. The molecule has 0 aliphatic carbocycles. The lowest BCUT2D eigenvalue weighted by atomic mass is 10.0. The fourth-order valence-electron chi connectivity index (χ4n) is 1.38. The Bertz CT molecular complexity index is 464.